The number of hydrogen-bond acceptors (Lipinski definition) is 1. The number of nitrogens with zero attached hydrogens (tertiary/aromatic N) is 3. The van der Waals surface area contributed by atoms with Crippen molar-refractivity contribution in [2.75, 3.05) is 4.81 Å². The molecule has 13 rings (SSSR count). The molecule has 0 bridgehead atoms. The maximum atomic E-state index is 2.72. The van der Waals surface area contributed by atoms with E-state index in [4.69, 9.17) is 0 Å². The van der Waals surface area contributed by atoms with E-state index in [-0.39, 0.29) is 6.85 Å². The lowest BCUT2D eigenvalue weighted by Crippen LogP contribution is -2.60. The fraction of sp³-hybridized carbons (Fsp3) is 0.0213. The quantitative estimate of drug-likeness (QED) is 0.162. The van der Waals surface area contributed by atoms with E-state index in [0.717, 1.165) is 0 Å². The highest BCUT2D eigenvalue weighted by molar-refractivity contribution is 6.94. The van der Waals surface area contributed by atoms with Gasteiger partial charge in [0.2, 0.25) is 0 Å². The Morgan fingerprint density at radius 1 is 0.490 bits per heavy atom. The lowest BCUT2D eigenvalue weighted by molar-refractivity contribution is 1.19. The molecule has 0 unspecified atom stereocenters. The zero-order valence-corrected chi connectivity index (χ0v) is 27.9. The maximum Gasteiger partial charge on any atom is 0.333 e. The molecule has 0 atom stereocenters. The minimum Gasteiger partial charge on any atom is -0.376 e. The summed E-state index contributed by atoms with van der Waals surface area (Å²) in [6.45, 7) is 2.24. The van der Waals surface area contributed by atoms with Crippen molar-refractivity contribution in [3.8, 4) is 16.8 Å². The van der Waals surface area contributed by atoms with E-state index in [1.165, 1.54) is 115 Å². The number of aryl methyl sites for hydroxylation is 1. The van der Waals surface area contributed by atoms with Gasteiger partial charge in [-0.05, 0) is 70.1 Å². The maximum absolute atomic E-state index is 2.72. The number of fused-ring (bicyclic) bond motifs is 16. The van der Waals surface area contributed by atoms with Crippen LogP contribution >= 0.6 is 0 Å². The molecule has 3 nitrogen and oxygen atoms in total. The first-order chi connectivity index (χ1) is 25.3. The summed E-state index contributed by atoms with van der Waals surface area (Å²) in [6, 6.07) is 57.0. The molecule has 0 N–H and O–H groups in total. The van der Waals surface area contributed by atoms with Crippen molar-refractivity contribution in [3.05, 3.63) is 157 Å². The zero-order valence-electron chi connectivity index (χ0n) is 27.9. The van der Waals surface area contributed by atoms with Crippen molar-refractivity contribution < 1.29 is 0 Å². The Labute approximate surface area is 293 Å². The van der Waals surface area contributed by atoms with Crippen molar-refractivity contribution in [3.63, 3.8) is 0 Å². The fourth-order valence-electron chi connectivity index (χ4n) is 10.2. The van der Waals surface area contributed by atoms with Crippen LogP contribution in [0.4, 0.5) is 11.4 Å². The Hall–Kier alpha value is -6.52. The second kappa shape index (κ2) is 8.98. The van der Waals surface area contributed by atoms with Crippen molar-refractivity contribution in [2.24, 2.45) is 0 Å². The molecule has 11 aromatic rings. The van der Waals surface area contributed by atoms with Gasteiger partial charge in [0, 0.05) is 54.9 Å². The van der Waals surface area contributed by atoms with Gasteiger partial charge in [-0.25, -0.2) is 0 Å². The molecule has 0 saturated carbocycles. The zero-order chi connectivity index (χ0) is 33.1. The number of aromatic nitrogens is 2. The third-order valence-corrected chi connectivity index (χ3v) is 12.1. The van der Waals surface area contributed by atoms with Crippen LogP contribution < -0.4 is 15.7 Å². The average molecular weight is 646 g/mol. The number of anilines is 2. The van der Waals surface area contributed by atoms with E-state index in [9.17, 15) is 0 Å². The molecule has 0 amide bonds. The third kappa shape index (κ3) is 2.98. The van der Waals surface area contributed by atoms with Crippen LogP contribution in [0.15, 0.2) is 152 Å². The van der Waals surface area contributed by atoms with Crippen molar-refractivity contribution in [1.82, 2.24) is 8.97 Å². The van der Waals surface area contributed by atoms with Crippen molar-refractivity contribution in [1.29, 1.82) is 0 Å². The first-order valence-electron chi connectivity index (χ1n) is 17.9. The Morgan fingerprint density at radius 2 is 1.16 bits per heavy atom. The van der Waals surface area contributed by atoms with Crippen LogP contribution in [0.25, 0.3) is 87.5 Å². The van der Waals surface area contributed by atoms with Crippen molar-refractivity contribution >= 4 is 99.8 Å². The smallest absolute Gasteiger partial charge is 0.333 e. The van der Waals surface area contributed by atoms with E-state index in [0.29, 0.717) is 0 Å². The number of para-hydroxylation sites is 5. The van der Waals surface area contributed by atoms with Gasteiger partial charge in [0.25, 0.3) is 0 Å². The predicted octanol–water partition coefficient (Wildman–Crippen LogP) is 10.6. The molecule has 234 valence electrons. The molecule has 0 radical (unpaired) electrons. The van der Waals surface area contributed by atoms with Gasteiger partial charge in [-0.15, -0.1) is 0 Å². The van der Waals surface area contributed by atoms with Gasteiger partial charge in [0.05, 0.1) is 27.6 Å². The topological polar surface area (TPSA) is 12.6 Å². The monoisotopic (exact) mass is 645 g/mol. The van der Waals surface area contributed by atoms with Gasteiger partial charge in [0.15, 0.2) is 0 Å². The number of rotatable bonds is 1. The van der Waals surface area contributed by atoms with Crippen LogP contribution in [0.1, 0.15) is 5.56 Å². The Morgan fingerprint density at radius 3 is 2.02 bits per heavy atom. The van der Waals surface area contributed by atoms with Gasteiger partial charge in [-0.2, -0.15) is 0 Å². The number of hydrogen-bond donors (Lipinski definition) is 0. The van der Waals surface area contributed by atoms with Gasteiger partial charge in [-0.3, -0.25) is 0 Å². The predicted molar refractivity (Wildman–Crippen MR) is 217 cm³/mol. The highest BCUT2D eigenvalue weighted by atomic mass is 15.1. The fourth-order valence-corrected chi connectivity index (χ4v) is 10.2. The summed E-state index contributed by atoms with van der Waals surface area (Å²) < 4.78 is 5.09. The second-order valence-corrected chi connectivity index (χ2v) is 14.5. The molecular weight excluding hydrogens is 617 g/mol. The van der Waals surface area contributed by atoms with Gasteiger partial charge in [-0.1, -0.05) is 121 Å². The summed E-state index contributed by atoms with van der Waals surface area (Å²) in [5.74, 6) is 0. The summed E-state index contributed by atoms with van der Waals surface area (Å²) in [5, 5.41) is 10.4. The summed E-state index contributed by atoms with van der Waals surface area (Å²) in [5.41, 5.74) is 16.9. The van der Waals surface area contributed by atoms with E-state index >= 15 is 0 Å². The average Bonchev–Trinajstić information content (AvgIpc) is 3.83. The molecular formula is C47H28BN3. The molecule has 0 saturated heterocycles. The highest BCUT2D eigenvalue weighted by Crippen LogP contribution is 2.52. The second-order valence-electron chi connectivity index (χ2n) is 14.5. The molecule has 51 heavy (non-hydrogen) atoms. The van der Waals surface area contributed by atoms with Gasteiger partial charge < -0.3 is 13.8 Å². The molecule has 0 fully saturated rings. The van der Waals surface area contributed by atoms with Crippen molar-refractivity contribution in [2.45, 2.75) is 6.92 Å². The first-order valence-corrected chi connectivity index (χ1v) is 17.9. The van der Waals surface area contributed by atoms with Crippen LogP contribution in [0.5, 0.6) is 0 Å². The van der Waals surface area contributed by atoms with E-state index in [1.807, 2.05) is 0 Å². The largest absolute Gasteiger partial charge is 0.376 e. The first kappa shape index (κ1) is 26.4. The molecule has 4 heteroatoms. The Bertz CT molecular complexity index is 3350. The van der Waals surface area contributed by atoms with E-state index < -0.39 is 0 Å². The normalized spacial score (nSPS) is 13.5. The van der Waals surface area contributed by atoms with Crippen LogP contribution in [0, 0.1) is 6.92 Å². The number of benzene rings is 8. The summed E-state index contributed by atoms with van der Waals surface area (Å²) >= 11 is 0. The molecule has 2 aliphatic rings. The van der Waals surface area contributed by atoms with E-state index in [2.05, 4.69) is 172 Å². The highest BCUT2D eigenvalue weighted by Gasteiger charge is 2.45. The SMILES string of the molecule is Cc1ccccc1N1B2c3c(cc4ccccc4c3-c3ccc4c(c31)c1cccc3c5ccccc5n4c31)-n1c3ccccc3c3cccc2c31. The molecule has 3 aromatic heterocycles. The van der Waals surface area contributed by atoms with Crippen LogP contribution in [0.3, 0.4) is 0 Å². The van der Waals surface area contributed by atoms with Gasteiger partial charge in [0.1, 0.15) is 0 Å². The molecule has 0 aliphatic carbocycles. The lowest BCUT2D eigenvalue weighted by atomic mass is 9.43. The lowest BCUT2D eigenvalue weighted by Gasteiger charge is -2.43. The Kier molecular flexibility index (Phi) is 4.64. The molecule has 8 aromatic carbocycles. The summed E-state index contributed by atoms with van der Waals surface area (Å²) in [7, 11) is 0. The van der Waals surface area contributed by atoms with Crippen LogP contribution in [-0.4, -0.2) is 15.8 Å². The Balaban J connectivity index is 1.31. The van der Waals surface area contributed by atoms with Crippen LogP contribution in [-0.2, 0) is 0 Å². The molecule has 2 aliphatic heterocycles. The summed E-state index contributed by atoms with van der Waals surface area (Å²) in [4.78, 5) is 2.72. The van der Waals surface area contributed by atoms with Crippen LogP contribution in [0.2, 0.25) is 0 Å². The van der Waals surface area contributed by atoms with Gasteiger partial charge >= 0.3 is 6.85 Å². The minimum atomic E-state index is -0.0314. The summed E-state index contributed by atoms with van der Waals surface area (Å²) in [6.07, 6.45) is 0. The molecule has 5 heterocycles. The standard InChI is InChI=1S/C47H28BN3/c1-27-12-2-7-21-37(27)51-47-35(24-25-40-43(47)34-19-10-17-32-30-15-5-8-22-38(30)49(40)45(32)34)42-29-14-4-3-13-28(29)26-41-44(42)48(51)36-20-11-18-33-31-16-6-9-23-39(31)50(41)46(33)36/h2-26H,1H3. The third-order valence-electron chi connectivity index (χ3n) is 12.1. The molecule has 0 spiro atoms. The van der Waals surface area contributed by atoms with E-state index in [1.54, 1.807) is 0 Å². The minimum absolute atomic E-state index is 0.0314.